The van der Waals surface area contributed by atoms with E-state index in [2.05, 4.69) is 78.4 Å². The fourth-order valence-electron chi connectivity index (χ4n) is 9.58. The zero-order chi connectivity index (χ0) is 21.1. The van der Waals surface area contributed by atoms with Gasteiger partial charge in [-0.3, -0.25) is 9.69 Å². The Morgan fingerprint density at radius 2 is 1.84 bits per heavy atom. The van der Waals surface area contributed by atoms with E-state index in [0.717, 1.165) is 12.0 Å². The summed E-state index contributed by atoms with van der Waals surface area (Å²) in [7, 11) is 2.26. The van der Waals surface area contributed by atoms with Crippen LogP contribution >= 0.6 is 0 Å². The molecule has 160 valence electrons. The summed E-state index contributed by atoms with van der Waals surface area (Å²) in [5, 5.41) is 0. The third-order valence-electron chi connectivity index (χ3n) is 10.2. The first-order valence-corrected chi connectivity index (χ1v) is 12.0. The van der Waals surface area contributed by atoms with Gasteiger partial charge in [0, 0.05) is 36.8 Å². The van der Waals surface area contributed by atoms with E-state index < -0.39 is 5.41 Å². The summed E-state index contributed by atoms with van der Waals surface area (Å²) < 4.78 is 0. The molecule has 2 aromatic rings. The van der Waals surface area contributed by atoms with Crippen LogP contribution in [0.25, 0.3) is 0 Å². The molecule has 4 nitrogen and oxygen atoms in total. The molecule has 2 unspecified atom stereocenters. The maximum absolute atomic E-state index is 14.0. The number of fused-ring (bicyclic) bond motifs is 2. The van der Waals surface area contributed by atoms with Crippen LogP contribution in [0.15, 0.2) is 54.6 Å². The van der Waals surface area contributed by atoms with Gasteiger partial charge in [-0.25, -0.2) is 0 Å². The van der Waals surface area contributed by atoms with Crippen LogP contribution < -0.4 is 10.6 Å². The van der Waals surface area contributed by atoms with E-state index in [1.807, 2.05) is 0 Å². The molecule has 6 bridgehead atoms. The summed E-state index contributed by atoms with van der Waals surface area (Å²) in [6.45, 7) is 3.52. The molecule has 0 aromatic heterocycles. The lowest BCUT2D eigenvalue weighted by Gasteiger charge is -2.60. The highest BCUT2D eigenvalue weighted by atomic mass is 16.1. The van der Waals surface area contributed by atoms with Crippen molar-refractivity contribution in [2.45, 2.75) is 55.1 Å². The third kappa shape index (κ3) is 1.73. The van der Waals surface area contributed by atoms with Gasteiger partial charge < -0.3 is 10.6 Å². The lowest BCUT2D eigenvalue weighted by Crippen LogP contribution is -2.69. The van der Waals surface area contributed by atoms with Crippen molar-refractivity contribution in [3.05, 3.63) is 65.7 Å². The van der Waals surface area contributed by atoms with Gasteiger partial charge in [0.05, 0.1) is 11.5 Å². The van der Waals surface area contributed by atoms with E-state index in [9.17, 15) is 4.79 Å². The molecule has 31 heavy (non-hydrogen) atoms. The molecule has 4 heteroatoms. The number of hydrogen-bond acceptors (Lipinski definition) is 3. The number of rotatable bonds is 3. The molecule has 9 atom stereocenters. The SMILES string of the molecule is CC[C@@H]1CN2[C@H]3C[C@@]45c6ccccc6N(C)[C@H]4[C@@H]2C[C@@H]1[C@@H]3C5(C(N)=O)c1ccccc1. The molecule has 4 saturated heterocycles. The normalized spacial score (nSPS) is 45.6. The van der Waals surface area contributed by atoms with Crippen LogP contribution in [-0.2, 0) is 15.6 Å². The van der Waals surface area contributed by atoms with Crippen molar-refractivity contribution in [2.24, 2.45) is 23.5 Å². The van der Waals surface area contributed by atoms with Gasteiger partial charge in [-0.1, -0.05) is 61.9 Å². The van der Waals surface area contributed by atoms with E-state index in [-0.39, 0.29) is 11.3 Å². The Morgan fingerprint density at radius 3 is 2.58 bits per heavy atom. The van der Waals surface area contributed by atoms with E-state index in [0.29, 0.717) is 35.9 Å². The van der Waals surface area contributed by atoms with Gasteiger partial charge in [-0.2, -0.15) is 0 Å². The Bertz CT molecular complexity index is 1080. The fraction of sp³-hybridized carbons (Fsp3) is 0.519. The van der Waals surface area contributed by atoms with Crippen LogP contribution in [-0.4, -0.2) is 42.5 Å². The van der Waals surface area contributed by atoms with Crippen LogP contribution in [0.5, 0.6) is 0 Å². The fourth-order valence-corrected chi connectivity index (χ4v) is 9.58. The summed E-state index contributed by atoms with van der Waals surface area (Å²) >= 11 is 0. The summed E-state index contributed by atoms with van der Waals surface area (Å²) in [4.78, 5) is 19.3. The second-order valence-electron chi connectivity index (χ2n) is 10.7. The van der Waals surface area contributed by atoms with Crippen molar-refractivity contribution in [2.75, 3.05) is 18.5 Å². The highest BCUT2D eigenvalue weighted by Gasteiger charge is 2.82. The molecule has 5 heterocycles. The van der Waals surface area contributed by atoms with Gasteiger partial charge in [0.25, 0.3) is 0 Å². The van der Waals surface area contributed by atoms with Crippen LogP contribution in [0.2, 0.25) is 0 Å². The largest absolute Gasteiger partial charge is 0.369 e. The Kier molecular flexibility index (Phi) is 3.37. The van der Waals surface area contributed by atoms with Gasteiger partial charge in [0.15, 0.2) is 0 Å². The van der Waals surface area contributed by atoms with Crippen molar-refractivity contribution >= 4 is 11.6 Å². The predicted octanol–water partition coefficient (Wildman–Crippen LogP) is 3.30. The number of hydrogen-bond donors (Lipinski definition) is 1. The summed E-state index contributed by atoms with van der Waals surface area (Å²) in [6.07, 6.45) is 3.43. The maximum atomic E-state index is 14.0. The number of para-hydroxylation sites is 1. The van der Waals surface area contributed by atoms with E-state index in [4.69, 9.17) is 5.73 Å². The van der Waals surface area contributed by atoms with Crippen LogP contribution in [0, 0.1) is 17.8 Å². The Balaban J connectivity index is 1.62. The molecule has 5 fully saturated rings. The lowest BCUT2D eigenvalue weighted by atomic mass is 9.53. The number of anilines is 1. The van der Waals surface area contributed by atoms with Crippen LogP contribution in [0.3, 0.4) is 0 Å². The number of amides is 1. The average Bonchev–Trinajstić information content (AvgIpc) is 3.20. The smallest absolute Gasteiger partial charge is 0.229 e. The quantitative estimate of drug-likeness (QED) is 0.840. The van der Waals surface area contributed by atoms with Crippen molar-refractivity contribution in [3.63, 3.8) is 0 Å². The molecule has 1 spiro atoms. The molecule has 1 aliphatic carbocycles. The van der Waals surface area contributed by atoms with Crippen LogP contribution in [0.4, 0.5) is 5.69 Å². The van der Waals surface area contributed by atoms with Gasteiger partial charge in [0.1, 0.15) is 0 Å². The average molecular weight is 414 g/mol. The van der Waals surface area contributed by atoms with Crippen molar-refractivity contribution in [1.82, 2.24) is 4.90 Å². The second kappa shape index (κ2) is 5.72. The first-order chi connectivity index (χ1) is 15.1. The predicted molar refractivity (Wildman–Crippen MR) is 122 cm³/mol. The summed E-state index contributed by atoms with van der Waals surface area (Å²) in [5.41, 5.74) is 9.49. The highest BCUT2D eigenvalue weighted by molar-refractivity contribution is 5.93. The summed E-state index contributed by atoms with van der Waals surface area (Å²) in [5.74, 6) is 1.43. The topological polar surface area (TPSA) is 49.6 Å². The first kappa shape index (κ1) is 18.3. The molecule has 2 N–H and O–H groups in total. The van der Waals surface area contributed by atoms with Gasteiger partial charge in [-0.15, -0.1) is 0 Å². The number of nitrogens with zero attached hydrogens (tertiary/aromatic N) is 2. The van der Waals surface area contributed by atoms with Gasteiger partial charge in [0.2, 0.25) is 5.91 Å². The van der Waals surface area contributed by atoms with Crippen LogP contribution in [0.1, 0.15) is 37.3 Å². The minimum Gasteiger partial charge on any atom is -0.369 e. The number of piperidine rings is 4. The second-order valence-corrected chi connectivity index (χ2v) is 10.7. The number of primary amides is 1. The van der Waals surface area contributed by atoms with Gasteiger partial charge >= 0.3 is 0 Å². The monoisotopic (exact) mass is 413 g/mol. The number of nitrogens with two attached hydrogens (primary N) is 1. The lowest BCUT2D eigenvalue weighted by molar-refractivity contribution is -0.132. The minimum atomic E-state index is -0.660. The zero-order valence-corrected chi connectivity index (χ0v) is 18.4. The maximum Gasteiger partial charge on any atom is 0.229 e. The highest BCUT2D eigenvalue weighted by Crippen LogP contribution is 2.75. The Hall–Kier alpha value is -2.33. The van der Waals surface area contributed by atoms with E-state index in [1.165, 1.54) is 30.6 Å². The molecule has 8 rings (SSSR count). The third-order valence-corrected chi connectivity index (χ3v) is 10.2. The van der Waals surface area contributed by atoms with E-state index in [1.54, 1.807) is 0 Å². The minimum absolute atomic E-state index is 0.106. The number of carbonyl (C=O) groups is 1. The summed E-state index contributed by atoms with van der Waals surface area (Å²) in [6, 6.07) is 20.7. The number of likely N-dealkylation sites (N-methyl/N-ethyl adjacent to an activating group) is 1. The molecular formula is C27H31N3O. The Morgan fingerprint density at radius 1 is 1.10 bits per heavy atom. The first-order valence-electron chi connectivity index (χ1n) is 12.0. The van der Waals surface area contributed by atoms with Crippen molar-refractivity contribution in [1.29, 1.82) is 0 Å². The molecule has 0 radical (unpaired) electrons. The molecular weight excluding hydrogens is 382 g/mol. The standard InChI is InChI=1S/C27H31N3O/c1-3-16-15-30-21-13-18(16)23-22(30)14-26(19-11-7-8-12-20(19)29(2)24(21)26)27(23,25(28)31)17-9-5-4-6-10-17/h4-12,16,18,21-24H,3,13-15H2,1-2H3,(H2,28,31)/t16-,18+,21+,22+,23+,24+,26-,27?/m1/s1. The molecule has 1 saturated carbocycles. The van der Waals surface area contributed by atoms with Gasteiger partial charge in [-0.05, 0) is 47.8 Å². The Labute approximate surface area is 184 Å². The van der Waals surface area contributed by atoms with E-state index >= 15 is 0 Å². The number of benzene rings is 2. The van der Waals surface area contributed by atoms with Crippen molar-refractivity contribution in [3.8, 4) is 0 Å². The molecule has 5 aliphatic heterocycles. The zero-order valence-electron chi connectivity index (χ0n) is 18.4. The molecule has 6 aliphatic rings. The number of carbonyl (C=O) groups excluding carboxylic acids is 1. The molecule has 1 amide bonds. The molecule has 2 aromatic carbocycles. The van der Waals surface area contributed by atoms with Crippen molar-refractivity contribution < 1.29 is 4.79 Å².